The minimum atomic E-state index is -0.249. The van der Waals surface area contributed by atoms with E-state index in [1.165, 1.54) is 18.2 Å². The summed E-state index contributed by atoms with van der Waals surface area (Å²) < 4.78 is 0.0545. The van der Waals surface area contributed by atoms with Gasteiger partial charge in [-0.15, -0.1) is 0 Å². The van der Waals surface area contributed by atoms with Crippen LogP contribution in [0.25, 0.3) is 0 Å². The van der Waals surface area contributed by atoms with Crippen molar-refractivity contribution in [2.45, 2.75) is 31.4 Å². The predicted molar refractivity (Wildman–Crippen MR) is 82.3 cm³/mol. The van der Waals surface area contributed by atoms with Gasteiger partial charge in [-0.05, 0) is 37.3 Å². The summed E-state index contributed by atoms with van der Waals surface area (Å²) in [7, 11) is 0. The number of phenolic OH excluding ortho intramolecular Hbond substituents is 1. The molecule has 106 valence electrons. The van der Waals surface area contributed by atoms with Crippen LogP contribution >= 0.6 is 23.4 Å². The molecule has 1 rings (SSSR count). The maximum atomic E-state index is 12.1. The Morgan fingerprint density at radius 3 is 2.58 bits per heavy atom. The second-order valence-corrected chi connectivity index (χ2v) is 6.12. The van der Waals surface area contributed by atoms with Gasteiger partial charge in [-0.2, -0.15) is 11.8 Å². The van der Waals surface area contributed by atoms with Gasteiger partial charge in [0.05, 0.1) is 10.6 Å². The van der Waals surface area contributed by atoms with E-state index in [-0.39, 0.29) is 16.4 Å². The average molecular weight is 302 g/mol. The van der Waals surface area contributed by atoms with E-state index in [9.17, 15) is 9.90 Å². The van der Waals surface area contributed by atoms with Crippen LogP contribution in [0.4, 0.5) is 0 Å². The van der Waals surface area contributed by atoms with Crippen molar-refractivity contribution < 1.29 is 9.90 Å². The number of nitrogens with one attached hydrogen (secondary N) is 1. The Balaban J connectivity index is 2.77. The number of halogens is 1. The number of amides is 1. The zero-order valence-electron chi connectivity index (χ0n) is 11.5. The van der Waals surface area contributed by atoms with Gasteiger partial charge >= 0.3 is 0 Å². The number of hydrogen-bond acceptors (Lipinski definition) is 3. The van der Waals surface area contributed by atoms with Crippen LogP contribution in [0.15, 0.2) is 18.2 Å². The second kappa shape index (κ2) is 7.06. The number of rotatable bonds is 6. The van der Waals surface area contributed by atoms with E-state index in [4.69, 9.17) is 11.6 Å². The molecule has 0 saturated heterocycles. The van der Waals surface area contributed by atoms with Gasteiger partial charge in [0, 0.05) is 11.3 Å². The van der Waals surface area contributed by atoms with Gasteiger partial charge in [0.15, 0.2) is 0 Å². The summed E-state index contributed by atoms with van der Waals surface area (Å²) in [6, 6.07) is 4.37. The zero-order chi connectivity index (χ0) is 14.5. The van der Waals surface area contributed by atoms with Crippen molar-refractivity contribution in [2.24, 2.45) is 0 Å². The van der Waals surface area contributed by atoms with E-state index in [1.54, 1.807) is 11.8 Å². The van der Waals surface area contributed by atoms with Crippen molar-refractivity contribution in [2.75, 3.05) is 12.8 Å². The predicted octanol–water partition coefficient (Wildman–Crippen LogP) is 3.70. The summed E-state index contributed by atoms with van der Waals surface area (Å²) in [5, 5.41) is 12.7. The molecule has 0 aromatic heterocycles. The highest BCUT2D eigenvalue weighted by Gasteiger charge is 2.26. The molecule has 1 aromatic carbocycles. The number of benzene rings is 1. The normalized spacial score (nSPS) is 11.4. The van der Waals surface area contributed by atoms with Crippen molar-refractivity contribution in [1.82, 2.24) is 5.32 Å². The summed E-state index contributed by atoms with van der Waals surface area (Å²) in [6.07, 6.45) is 4.03. The van der Waals surface area contributed by atoms with Gasteiger partial charge in [0.1, 0.15) is 5.75 Å². The Bertz CT molecular complexity index is 439. The van der Waals surface area contributed by atoms with Gasteiger partial charge in [0.2, 0.25) is 0 Å². The van der Waals surface area contributed by atoms with Crippen molar-refractivity contribution in [3.05, 3.63) is 28.8 Å². The summed E-state index contributed by atoms with van der Waals surface area (Å²) in [5.74, 6) is -0.210. The highest BCUT2D eigenvalue weighted by Crippen LogP contribution is 2.30. The molecule has 3 nitrogen and oxygen atoms in total. The molecule has 0 unspecified atom stereocenters. The summed E-state index contributed by atoms with van der Waals surface area (Å²) >= 11 is 7.73. The van der Waals surface area contributed by atoms with Gasteiger partial charge < -0.3 is 10.4 Å². The highest BCUT2D eigenvalue weighted by molar-refractivity contribution is 8.00. The van der Waals surface area contributed by atoms with E-state index in [0.29, 0.717) is 17.1 Å². The number of phenols is 1. The minimum absolute atomic E-state index is 0.0386. The van der Waals surface area contributed by atoms with E-state index in [1.807, 2.05) is 0 Å². The first kappa shape index (κ1) is 16.2. The molecule has 0 radical (unpaired) electrons. The molecule has 0 saturated carbocycles. The lowest BCUT2D eigenvalue weighted by Gasteiger charge is -2.29. The summed E-state index contributed by atoms with van der Waals surface area (Å²) in [5.41, 5.74) is 0.309. The molecule has 1 aromatic rings. The van der Waals surface area contributed by atoms with Gasteiger partial charge in [-0.25, -0.2) is 0 Å². The highest BCUT2D eigenvalue weighted by atomic mass is 35.5. The second-order valence-electron chi connectivity index (χ2n) is 4.44. The van der Waals surface area contributed by atoms with Crippen LogP contribution < -0.4 is 5.32 Å². The topological polar surface area (TPSA) is 49.3 Å². The Morgan fingerprint density at radius 1 is 1.42 bits per heavy atom. The fourth-order valence-corrected chi connectivity index (χ4v) is 2.88. The van der Waals surface area contributed by atoms with Crippen LogP contribution in [-0.2, 0) is 0 Å². The quantitative estimate of drug-likeness (QED) is 0.842. The lowest BCUT2D eigenvalue weighted by atomic mass is 10.0. The average Bonchev–Trinajstić information content (AvgIpc) is 2.43. The Kier molecular flexibility index (Phi) is 6.01. The van der Waals surface area contributed by atoms with Gasteiger partial charge in [-0.3, -0.25) is 4.79 Å². The van der Waals surface area contributed by atoms with E-state index < -0.39 is 0 Å². The third-order valence-electron chi connectivity index (χ3n) is 3.49. The van der Waals surface area contributed by atoms with Crippen LogP contribution in [-0.4, -0.2) is 28.6 Å². The molecule has 0 atom stereocenters. The minimum Gasteiger partial charge on any atom is -0.508 e. The van der Waals surface area contributed by atoms with Crippen LogP contribution in [0.3, 0.4) is 0 Å². The molecule has 19 heavy (non-hydrogen) atoms. The number of carbonyl (C=O) groups excluding carboxylic acids is 1. The lowest BCUT2D eigenvalue weighted by molar-refractivity contribution is 0.0948. The molecular formula is C14H20ClNO2S. The first-order chi connectivity index (χ1) is 8.98. The monoisotopic (exact) mass is 301 g/mol. The SMILES string of the molecule is CCC(CC)(CNC(=O)c1cc(O)ccc1Cl)SC. The van der Waals surface area contributed by atoms with Crippen molar-refractivity contribution in [3.63, 3.8) is 0 Å². The van der Waals surface area contributed by atoms with Crippen molar-refractivity contribution >= 4 is 29.3 Å². The maximum Gasteiger partial charge on any atom is 0.252 e. The maximum absolute atomic E-state index is 12.1. The lowest BCUT2D eigenvalue weighted by Crippen LogP contribution is -2.39. The number of aromatic hydroxyl groups is 1. The van der Waals surface area contributed by atoms with Crippen molar-refractivity contribution in [3.8, 4) is 5.75 Å². The van der Waals surface area contributed by atoms with Crippen LogP contribution in [0.2, 0.25) is 5.02 Å². The fraction of sp³-hybridized carbons (Fsp3) is 0.500. The Hall–Kier alpha value is -0.870. The molecule has 0 fully saturated rings. The molecule has 2 N–H and O–H groups in total. The summed E-state index contributed by atoms with van der Waals surface area (Å²) in [6.45, 7) is 4.83. The van der Waals surface area contributed by atoms with E-state index >= 15 is 0 Å². The number of hydrogen-bond donors (Lipinski definition) is 2. The largest absolute Gasteiger partial charge is 0.508 e. The van der Waals surface area contributed by atoms with Gasteiger partial charge in [0.25, 0.3) is 5.91 Å². The molecule has 0 heterocycles. The number of thioether (sulfide) groups is 1. The molecule has 5 heteroatoms. The van der Waals surface area contributed by atoms with Crippen LogP contribution in [0, 0.1) is 0 Å². The molecule has 0 bridgehead atoms. The summed E-state index contributed by atoms with van der Waals surface area (Å²) in [4.78, 5) is 12.1. The van der Waals surface area contributed by atoms with Crippen LogP contribution in [0.1, 0.15) is 37.0 Å². The van der Waals surface area contributed by atoms with Crippen molar-refractivity contribution in [1.29, 1.82) is 0 Å². The van der Waals surface area contributed by atoms with Crippen LogP contribution in [0.5, 0.6) is 5.75 Å². The molecule has 0 aliphatic rings. The zero-order valence-corrected chi connectivity index (χ0v) is 13.1. The third-order valence-corrected chi connectivity index (χ3v) is 5.40. The Morgan fingerprint density at radius 2 is 2.05 bits per heavy atom. The molecule has 0 spiro atoms. The van der Waals surface area contributed by atoms with E-state index in [2.05, 4.69) is 25.4 Å². The smallest absolute Gasteiger partial charge is 0.252 e. The first-order valence-electron chi connectivity index (χ1n) is 6.30. The number of carbonyl (C=O) groups is 1. The standard InChI is InChI=1S/C14H20ClNO2S/c1-4-14(5-2,19-3)9-16-13(18)11-8-10(17)6-7-12(11)15/h6-8,17H,4-5,9H2,1-3H3,(H,16,18). The third kappa shape index (κ3) is 4.05. The Labute approximate surface area is 123 Å². The molecule has 0 aliphatic heterocycles. The van der Waals surface area contributed by atoms with Gasteiger partial charge in [-0.1, -0.05) is 25.4 Å². The first-order valence-corrected chi connectivity index (χ1v) is 7.90. The fourth-order valence-electron chi connectivity index (χ4n) is 1.88. The molecule has 0 aliphatic carbocycles. The molecule has 1 amide bonds. The van der Waals surface area contributed by atoms with E-state index in [0.717, 1.165) is 12.8 Å². The molecular weight excluding hydrogens is 282 g/mol.